The smallest absolute Gasteiger partial charge is 0.319 e. The Balaban J connectivity index is 1.84. The van der Waals surface area contributed by atoms with Crippen LogP contribution in [0.1, 0.15) is 93.9 Å². The minimum atomic E-state index is -1.40. The van der Waals surface area contributed by atoms with Gasteiger partial charge in [0.05, 0.1) is 17.8 Å². The zero-order valence-electron chi connectivity index (χ0n) is 31.0. The third-order valence-electron chi connectivity index (χ3n) is 11.0. The van der Waals surface area contributed by atoms with Crippen molar-refractivity contribution in [3.05, 3.63) is 0 Å². The van der Waals surface area contributed by atoms with Crippen molar-refractivity contribution >= 4 is 11.8 Å². The molecule has 3 fully saturated rings. The Bertz CT molecular complexity index is 987. The molecular formula is C36H67N3O7. The summed E-state index contributed by atoms with van der Waals surface area (Å²) < 4.78 is 25.0. The lowest BCUT2D eigenvalue weighted by Gasteiger charge is -2.47. The minimum absolute atomic E-state index is 0.0492. The maximum atomic E-state index is 14.2. The Hall–Kier alpha value is -1.14. The highest BCUT2D eigenvalue weighted by atomic mass is 16.7. The molecule has 3 aliphatic rings. The second-order valence-corrected chi connectivity index (χ2v) is 16.3. The van der Waals surface area contributed by atoms with Crippen LogP contribution in [0.3, 0.4) is 0 Å². The molecule has 0 aromatic rings. The second kappa shape index (κ2) is 16.5. The van der Waals surface area contributed by atoms with E-state index in [-0.39, 0.29) is 36.5 Å². The Morgan fingerprint density at radius 1 is 1.11 bits per heavy atom. The SMILES string of the molecule is COC1(C)CC(C)CN(C)C(CC2CC(NCCC(C)C)C2)COC(=O)C(C)(C)C(=O)C(C)C1O[C@@H]1O[C@H](C)C[C@H](N(C)C)[C@H]1O. The number of ketones is 1. The van der Waals surface area contributed by atoms with Gasteiger partial charge in [-0.2, -0.15) is 0 Å². The van der Waals surface area contributed by atoms with Crippen molar-refractivity contribution in [2.75, 3.05) is 47.9 Å². The molecule has 0 spiro atoms. The van der Waals surface area contributed by atoms with E-state index in [2.05, 4.69) is 38.0 Å². The van der Waals surface area contributed by atoms with Crippen LogP contribution in [0.25, 0.3) is 0 Å². The van der Waals surface area contributed by atoms with Crippen LogP contribution in [-0.4, -0.2) is 123 Å². The lowest BCUT2D eigenvalue weighted by atomic mass is 9.74. The van der Waals surface area contributed by atoms with Gasteiger partial charge in [0.15, 0.2) is 12.1 Å². The molecule has 1 saturated carbocycles. The van der Waals surface area contributed by atoms with Crippen molar-refractivity contribution in [3.63, 3.8) is 0 Å². The third kappa shape index (κ3) is 9.73. The summed E-state index contributed by atoms with van der Waals surface area (Å²) >= 11 is 0. The van der Waals surface area contributed by atoms with Crippen LogP contribution < -0.4 is 5.32 Å². The van der Waals surface area contributed by atoms with Crippen molar-refractivity contribution in [1.29, 1.82) is 0 Å². The molecule has 5 unspecified atom stereocenters. The molecule has 0 aromatic carbocycles. The fourth-order valence-corrected chi connectivity index (χ4v) is 7.89. The number of carbonyl (C=O) groups excluding carboxylic acids is 2. The Morgan fingerprint density at radius 2 is 1.76 bits per heavy atom. The molecule has 2 aliphatic heterocycles. The van der Waals surface area contributed by atoms with Crippen molar-refractivity contribution in [1.82, 2.24) is 15.1 Å². The number of hydrogen-bond acceptors (Lipinski definition) is 10. The highest BCUT2D eigenvalue weighted by molar-refractivity contribution is 6.04. The van der Waals surface area contributed by atoms with Gasteiger partial charge < -0.3 is 34.3 Å². The van der Waals surface area contributed by atoms with Gasteiger partial charge in [0, 0.05) is 37.7 Å². The number of nitrogens with one attached hydrogen (secondary N) is 1. The van der Waals surface area contributed by atoms with Crippen LogP contribution >= 0.6 is 0 Å². The van der Waals surface area contributed by atoms with Crippen molar-refractivity contribution in [2.24, 2.45) is 29.1 Å². The standard InChI is InChI=1S/C36H67N3O7/c1-22(2)13-14-37-27-16-26(17-27)18-28-21-44-34(42)35(6,7)31(41)25(5)32(36(8,43-12)19-23(3)20-39(28)11)46-33-30(40)29(38(9)10)15-24(4)45-33/h22-30,32-33,37,40H,13-21H2,1-12H3/t23?,24-,25?,26?,27?,28?,29+,30-,32?,33+,36?/m1/s1. The molecule has 0 aromatic heterocycles. The van der Waals surface area contributed by atoms with Gasteiger partial charge in [0.2, 0.25) is 0 Å². The average Bonchev–Trinajstić information content (AvgIpc) is 2.95. The van der Waals surface area contributed by atoms with E-state index in [9.17, 15) is 14.7 Å². The second-order valence-electron chi connectivity index (χ2n) is 16.3. The number of aliphatic hydroxyl groups is 1. The van der Waals surface area contributed by atoms with Gasteiger partial charge in [-0.05, 0) is 112 Å². The van der Waals surface area contributed by atoms with Crippen LogP contribution in [0.5, 0.6) is 0 Å². The largest absolute Gasteiger partial charge is 0.463 e. The summed E-state index contributed by atoms with van der Waals surface area (Å²) in [6, 6.07) is 0.444. The zero-order valence-corrected chi connectivity index (χ0v) is 31.0. The van der Waals surface area contributed by atoms with Gasteiger partial charge >= 0.3 is 5.97 Å². The number of Topliss-reactive ketones (excluding diaryl/α,β-unsaturated/α-hetero) is 1. The van der Waals surface area contributed by atoms with Crippen LogP contribution in [0, 0.1) is 29.1 Å². The maximum Gasteiger partial charge on any atom is 0.319 e. The molecule has 3 rings (SSSR count). The molecule has 0 bridgehead atoms. The summed E-state index contributed by atoms with van der Waals surface area (Å²) in [5.41, 5.74) is -2.30. The summed E-state index contributed by atoms with van der Waals surface area (Å²) in [6.07, 6.45) is 2.86. The first kappa shape index (κ1) is 39.3. The first-order valence-corrected chi connectivity index (χ1v) is 17.7. The van der Waals surface area contributed by atoms with Gasteiger partial charge in [-0.25, -0.2) is 0 Å². The summed E-state index contributed by atoms with van der Waals surface area (Å²) in [5.74, 6) is -0.103. The molecule has 10 nitrogen and oxygen atoms in total. The molecule has 0 radical (unpaired) electrons. The molecule has 268 valence electrons. The predicted octanol–water partition coefficient (Wildman–Crippen LogP) is 4.12. The van der Waals surface area contributed by atoms with Crippen molar-refractivity contribution in [3.8, 4) is 0 Å². The highest BCUT2D eigenvalue weighted by Crippen LogP contribution is 2.39. The number of hydrogen-bond donors (Lipinski definition) is 2. The van der Waals surface area contributed by atoms with Crippen LogP contribution in [0.15, 0.2) is 0 Å². The number of methoxy groups -OCH3 is 1. The molecule has 2 saturated heterocycles. The average molecular weight is 654 g/mol. The monoisotopic (exact) mass is 653 g/mol. The van der Waals surface area contributed by atoms with Gasteiger partial charge in [0.25, 0.3) is 0 Å². The lowest BCUT2D eigenvalue weighted by molar-refractivity contribution is -0.295. The molecule has 1 aliphatic carbocycles. The Kier molecular flexibility index (Phi) is 14.1. The minimum Gasteiger partial charge on any atom is -0.463 e. The molecule has 2 heterocycles. The number of esters is 1. The molecular weight excluding hydrogens is 586 g/mol. The number of ether oxygens (including phenoxy) is 4. The molecule has 0 amide bonds. The summed E-state index contributed by atoms with van der Waals surface area (Å²) in [6.45, 7) is 17.8. The fraction of sp³-hybridized carbons (Fsp3) is 0.944. The zero-order chi connectivity index (χ0) is 34.6. The van der Waals surface area contributed by atoms with Gasteiger partial charge in [-0.1, -0.05) is 27.7 Å². The van der Waals surface area contributed by atoms with E-state index in [1.54, 1.807) is 27.9 Å². The van der Waals surface area contributed by atoms with E-state index in [0.29, 0.717) is 30.7 Å². The normalized spacial score (nSPS) is 40.2. The van der Waals surface area contributed by atoms with E-state index in [4.69, 9.17) is 18.9 Å². The quantitative estimate of drug-likeness (QED) is 0.264. The van der Waals surface area contributed by atoms with Crippen molar-refractivity contribution in [2.45, 2.75) is 142 Å². The Labute approximate surface area is 279 Å². The van der Waals surface area contributed by atoms with Crippen molar-refractivity contribution < 1.29 is 33.6 Å². The predicted molar refractivity (Wildman–Crippen MR) is 180 cm³/mol. The van der Waals surface area contributed by atoms with Crippen LogP contribution in [0.4, 0.5) is 0 Å². The number of aliphatic hydroxyl groups excluding tert-OH is 1. The van der Waals surface area contributed by atoms with Gasteiger partial charge in [-0.15, -0.1) is 0 Å². The first-order valence-electron chi connectivity index (χ1n) is 17.7. The molecule has 9 atom stereocenters. The number of cyclic esters (lactones) is 1. The van der Waals surface area contributed by atoms with Gasteiger partial charge in [0.1, 0.15) is 18.1 Å². The molecule has 2 N–H and O–H groups in total. The maximum absolute atomic E-state index is 14.2. The number of nitrogens with zero attached hydrogens (tertiary/aromatic N) is 2. The van der Waals surface area contributed by atoms with E-state index in [0.717, 1.165) is 32.4 Å². The topological polar surface area (TPSA) is 110 Å². The van der Waals surface area contributed by atoms with Crippen LogP contribution in [-0.2, 0) is 28.5 Å². The number of likely N-dealkylation sites (N-methyl/N-ethyl adjacent to an activating group) is 2. The fourth-order valence-electron chi connectivity index (χ4n) is 7.89. The van der Waals surface area contributed by atoms with Gasteiger partial charge in [-0.3, -0.25) is 14.5 Å². The highest BCUT2D eigenvalue weighted by Gasteiger charge is 2.51. The molecule has 46 heavy (non-hydrogen) atoms. The number of rotatable bonds is 10. The summed E-state index contributed by atoms with van der Waals surface area (Å²) in [4.78, 5) is 32.1. The summed E-state index contributed by atoms with van der Waals surface area (Å²) in [5, 5.41) is 15.0. The lowest BCUT2D eigenvalue weighted by Crippen LogP contribution is -2.59. The van der Waals surface area contributed by atoms with E-state index < -0.39 is 41.4 Å². The van der Waals surface area contributed by atoms with E-state index in [1.807, 2.05) is 32.8 Å². The third-order valence-corrected chi connectivity index (χ3v) is 11.0. The summed E-state index contributed by atoms with van der Waals surface area (Å²) in [7, 11) is 7.62. The van der Waals surface area contributed by atoms with E-state index in [1.165, 1.54) is 6.42 Å². The van der Waals surface area contributed by atoms with Crippen LogP contribution in [0.2, 0.25) is 0 Å². The van der Waals surface area contributed by atoms with E-state index >= 15 is 0 Å². The molecule has 10 heteroatoms. The Morgan fingerprint density at radius 3 is 2.35 bits per heavy atom. The number of carbonyl (C=O) groups is 2. The first-order chi connectivity index (χ1) is 21.4.